The van der Waals surface area contributed by atoms with Gasteiger partial charge in [0, 0.05) is 5.56 Å². The summed E-state index contributed by atoms with van der Waals surface area (Å²) in [5.74, 6) is -0.176. The van der Waals surface area contributed by atoms with Crippen LogP contribution >= 0.6 is 0 Å². The Labute approximate surface area is 126 Å². The van der Waals surface area contributed by atoms with Crippen LogP contribution in [0.3, 0.4) is 0 Å². The van der Waals surface area contributed by atoms with E-state index in [1.54, 1.807) is 24.3 Å². The van der Waals surface area contributed by atoms with Crippen LogP contribution in [0.25, 0.3) is 0 Å². The number of rotatable bonds is 4. The summed E-state index contributed by atoms with van der Waals surface area (Å²) >= 11 is 0. The van der Waals surface area contributed by atoms with Crippen molar-refractivity contribution in [1.82, 2.24) is 0 Å². The van der Waals surface area contributed by atoms with Crippen LogP contribution in [0.4, 0.5) is 0 Å². The van der Waals surface area contributed by atoms with Crippen molar-refractivity contribution in [3.63, 3.8) is 0 Å². The highest BCUT2D eigenvalue weighted by molar-refractivity contribution is 5.98. The molecule has 1 aliphatic rings. The highest BCUT2D eigenvalue weighted by Gasteiger charge is 2.42. The Kier molecular flexibility index (Phi) is 4.81. The summed E-state index contributed by atoms with van der Waals surface area (Å²) in [7, 11) is 0. The summed E-state index contributed by atoms with van der Waals surface area (Å²) in [5, 5.41) is 0. The number of hydrogen-bond acceptors (Lipinski definition) is 3. The maximum atomic E-state index is 12.4. The predicted octanol–water partition coefficient (Wildman–Crippen LogP) is 3.87. The molecule has 0 saturated heterocycles. The Bertz CT molecular complexity index is 504. The first-order valence-corrected chi connectivity index (χ1v) is 7.67. The van der Waals surface area contributed by atoms with Crippen LogP contribution in [0.2, 0.25) is 0 Å². The summed E-state index contributed by atoms with van der Waals surface area (Å²) in [4.78, 5) is 24.4. The van der Waals surface area contributed by atoms with Crippen molar-refractivity contribution in [2.24, 2.45) is 17.3 Å². The van der Waals surface area contributed by atoms with E-state index in [0.717, 1.165) is 19.3 Å². The predicted molar refractivity (Wildman–Crippen MR) is 82.0 cm³/mol. The Morgan fingerprint density at radius 1 is 1.24 bits per heavy atom. The molecule has 21 heavy (non-hydrogen) atoms. The van der Waals surface area contributed by atoms with Gasteiger partial charge in [-0.05, 0) is 24.2 Å². The third-order valence-electron chi connectivity index (χ3n) is 4.59. The van der Waals surface area contributed by atoms with Gasteiger partial charge in [0.15, 0.2) is 12.4 Å². The highest BCUT2D eigenvalue weighted by Crippen LogP contribution is 2.44. The van der Waals surface area contributed by atoms with Crippen LogP contribution in [0.1, 0.15) is 50.4 Å². The Morgan fingerprint density at radius 2 is 1.90 bits per heavy atom. The number of carbonyl (C=O) groups excluding carboxylic acids is 2. The lowest BCUT2D eigenvalue weighted by Crippen LogP contribution is -2.40. The van der Waals surface area contributed by atoms with Crippen molar-refractivity contribution in [2.45, 2.75) is 40.0 Å². The fraction of sp³-hybridized carbons (Fsp3) is 0.556. The lowest BCUT2D eigenvalue weighted by molar-refractivity contribution is -0.156. The van der Waals surface area contributed by atoms with Crippen molar-refractivity contribution in [2.75, 3.05) is 6.61 Å². The summed E-state index contributed by atoms with van der Waals surface area (Å²) in [6.45, 7) is 6.18. The van der Waals surface area contributed by atoms with Gasteiger partial charge in [-0.2, -0.15) is 0 Å². The van der Waals surface area contributed by atoms with Crippen molar-refractivity contribution in [3.05, 3.63) is 35.9 Å². The molecule has 0 spiro atoms. The molecule has 0 aliphatic heterocycles. The summed E-state index contributed by atoms with van der Waals surface area (Å²) < 4.78 is 5.32. The minimum absolute atomic E-state index is 0.0510. The molecule has 1 fully saturated rings. The minimum atomic E-state index is -0.225. The number of ketones is 1. The number of ether oxygens (including phenoxy) is 1. The molecule has 0 N–H and O–H groups in total. The fourth-order valence-electron chi connectivity index (χ4n) is 3.46. The van der Waals surface area contributed by atoms with E-state index in [0.29, 0.717) is 11.5 Å². The third-order valence-corrected chi connectivity index (χ3v) is 4.59. The molecule has 0 heterocycles. The van der Waals surface area contributed by atoms with Gasteiger partial charge in [-0.15, -0.1) is 0 Å². The molecule has 114 valence electrons. The molecule has 2 unspecified atom stereocenters. The van der Waals surface area contributed by atoms with E-state index in [4.69, 9.17) is 4.74 Å². The van der Waals surface area contributed by atoms with E-state index >= 15 is 0 Å². The Hall–Kier alpha value is -1.64. The minimum Gasteiger partial charge on any atom is -0.457 e. The largest absolute Gasteiger partial charge is 0.457 e. The number of esters is 1. The van der Waals surface area contributed by atoms with Crippen LogP contribution in [0, 0.1) is 17.3 Å². The number of benzene rings is 1. The second-order valence-corrected chi connectivity index (χ2v) is 6.73. The van der Waals surface area contributed by atoms with Crippen LogP contribution in [0.5, 0.6) is 0 Å². The molecule has 0 aromatic heterocycles. The normalized spacial score (nSPS) is 24.3. The van der Waals surface area contributed by atoms with Crippen molar-refractivity contribution < 1.29 is 14.3 Å². The van der Waals surface area contributed by atoms with Gasteiger partial charge in [0.2, 0.25) is 0 Å². The van der Waals surface area contributed by atoms with Crippen LogP contribution in [0.15, 0.2) is 30.3 Å². The zero-order valence-corrected chi connectivity index (χ0v) is 13.1. The molecule has 1 aromatic carbocycles. The average Bonchev–Trinajstić information content (AvgIpc) is 2.44. The van der Waals surface area contributed by atoms with Gasteiger partial charge in [0.25, 0.3) is 0 Å². The molecular formula is C18H24O3. The molecular weight excluding hydrogens is 264 g/mol. The molecule has 1 saturated carbocycles. The van der Waals surface area contributed by atoms with Crippen molar-refractivity contribution in [1.29, 1.82) is 0 Å². The molecule has 2 rings (SSSR count). The van der Waals surface area contributed by atoms with Gasteiger partial charge in [-0.1, -0.05) is 57.5 Å². The molecule has 3 nitrogen and oxygen atoms in total. The van der Waals surface area contributed by atoms with Crippen LogP contribution in [-0.2, 0) is 9.53 Å². The first kappa shape index (κ1) is 15.7. The number of carbonyl (C=O) groups is 2. The Morgan fingerprint density at radius 3 is 2.52 bits per heavy atom. The molecule has 2 atom stereocenters. The quantitative estimate of drug-likeness (QED) is 0.624. The third kappa shape index (κ3) is 3.72. The van der Waals surface area contributed by atoms with E-state index in [2.05, 4.69) is 20.8 Å². The van der Waals surface area contributed by atoms with E-state index in [9.17, 15) is 9.59 Å². The van der Waals surface area contributed by atoms with Crippen molar-refractivity contribution in [3.8, 4) is 0 Å². The van der Waals surface area contributed by atoms with Gasteiger partial charge < -0.3 is 4.74 Å². The highest BCUT2D eigenvalue weighted by atomic mass is 16.5. The van der Waals surface area contributed by atoms with Crippen molar-refractivity contribution >= 4 is 11.8 Å². The summed E-state index contributed by atoms with van der Waals surface area (Å²) in [5.41, 5.74) is 0.533. The first-order chi connectivity index (χ1) is 9.92. The van der Waals surface area contributed by atoms with Gasteiger partial charge in [-0.3, -0.25) is 9.59 Å². The molecule has 0 amide bonds. The van der Waals surface area contributed by atoms with Gasteiger partial charge in [0.1, 0.15) is 0 Å². The number of hydrogen-bond donors (Lipinski definition) is 0. The molecule has 0 bridgehead atoms. The average molecular weight is 288 g/mol. The molecule has 1 aromatic rings. The van der Waals surface area contributed by atoms with Gasteiger partial charge >= 0.3 is 5.97 Å². The maximum absolute atomic E-state index is 12.4. The lowest BCUT2D eigenvalue weighted by Gasteiger charge is -2.40. The Balaban J connectivity index is 1.96. The van der Waals surface area contributed by atoms with E-state index in [1.807, 2.05) is 6.07 Å². The lowest BCUT2D eigenvalue weighted by atomic mass is 9.64. The molecule has 1 aliphatic carbocycles. The molecule has 3 heteroatoms. The summed E-state index contributed by atoms with van der Waals surface area (Å²) in [6, 6.07) is 8.95. The zero-order chi connectivity index (χ0) is 15.5. The second-order valence-electron chi connectivity index (χ2n) is 6.73. The summed E-state index contributed by atoms with van der Waals surface area (Å²) in [6.07, 6.45) is 3.24. The fourth-order valence-corrected chi connectivity index (χ4v) is 3.46. The zero-order valence-electron chi connectivity index (χ0n) is 13.1. The molecule has 0 radical (unpaired) electrons. The SMILES string of the molecule is CC1CCCC(C)(C)C1C(=O)OCC(=O)c1ccccc1. The van der Waals surface area contributed by atoms with Gasteiger partial charge in [-0.25, -0.2) is 0 Å². The first-order valence-electron chi connectivity index (χ1n) is 7.67. The topological polar surface area (TPSA) is 43.4 Å². The van der Waals surface area contributed by atoms with E-state index in [1.165, 1.54) is 0 Å². The van der Waals surface area contributed by atoms with E-state index in [-0.39, 0.29) is 29.7 Å². The monoisotopic (exact) mass is 288 g/mol. The number of Topliss-reactive ketones (excluding diaryl/α,β-unsaturated/α-hetero) is 1. The van der Waals surface area contributed by atoms with Crippen LogP contribution in [-0.4, -0.2) is 18.4 Å². The van der Waals surface area contributed by atoms with Crippen LogP contribution < -0.4 is 0 Å². The standard InChI is InChI=1S/C18H24O3/c1-13-8-7-11-18(2,3)16(13)17(20)21-12-15(19)14-9-5-4-6-10-14/h4-6,9-10,13,16H,7-8,11-12H2,1-3H3. The maximum Gasteiger partial charge on any atom is 0.310 e. The smallest absolute Gasteiger partial charge is 0.310 e. The van der Waals surface area contributed by atoms with E-state index < -0.39 is 0 Å². The van der Waals surface area contributed by atoms with Gasteiger partial charge in [0.05, 0.1) is 5.92 Å². The second kappa shape index (κ2) is 6.42.